The second kappa shape index (κ2) is 5.87. The minimum Gasteiger partial charge on any atom is -0.348 e. The van der Waals surface area contributed by atoms with E-state index in [-0.39, 0.29) is 0 Å². The minimum absolute atomic E-state index is 0.487. The Labute approximate surface area is 111 Å². The fraction of sp³-hybridized carbons (Fsp3) is 0.800. The molecule has 2 rings (SSSR count). The summed E-state index contributed by atoms with van der Waals surface area (Å²) in [5.74, 6) is 0.906. The molecule has 1 saturated carbocycles. The maximum absolute atomic E-state index is 4.04. The van der Waals surface area contributed by atoms with Gasteiger partial charge in [-0.05, 0) is 37.0 Å². The van der Waals surface area contributed by atoms with Crippen LogP contribution in [0.5, 0.6) is 0 Å². The van der Waals surface area contributed by atoms with E-state index in [1.54, 1.807) is 6.33 Å². The van der Waals surface area contributed by atoms with Crippen molar-refractivity contribution < 1.29 is 0 Å². The smallest absolute Gasteiger partial charge is 0.0921 e. The number of hydrogen-bond donors (Lipinski definition) is 2. The van der Waals surface area contributed by atoms with Crippen LogP contribution in [0.3, 0.4) is 0 Å². The van der Waals surface area contributed by atoms with Crippen molar-refractivity contribution in [1.29, 1.82) is 0 Å². The van der Waals surface area contributed by atoms with Crippen LogP contribution in [-0.2, 0) is 6.42 Å². The number of imidazole rings is 1. The summed E-state index contributed by atoms with van der Waals surface area (Å²) in [6.07, 6.45) is 10.2. The third kappa shape index (κ3) is 3.84. The number of hydrogen-bond acceptors (Lipinski definition) is 2. The molecule has 0 radical (unpaired) electrons. The molecule has 0 spiro atoms. The molecular formula is C15H27N3. The lowest BCUT2D eigenvalue weighted by Crippen LogP contribution is -2.37. The Balaban J connectivity index is 1.65. The van der Waals surface area contributed by atoms with E-state index in [4.69, 9.17) is 0 Å². The summed E-state index contributed by atoms with van der Waals surface area (Å²) in [6, 6.07) is 0.728. The minimum atomic E-state index is 0.487. The molecule has 3 nitrogen and oxygen atoms in total. The predicted molar refractivity (Wildman–Crippen MR) is 75.5 cm³/mol. The summed E-state index contributed by atoms with van der Waals surface area (Å²) < 4.78 is 0. The van der Waals surface area contributed by atoms with E-state index in [2.05, 4.69) is 36.1 Å². The average molecular weight is 249 g/mol. The van der Waals surface area contributed by atoms with Crippen LogP contribution in [0.2, 0.25) is 0 Å². The Bertz CT molecular complexity index is 329. The summed E-state index contributed by atoms with van der Waals surface area (Å²) in [6.45, 7) is 8.20. The lowest BCUT2D eigenvalue weighted by Gasteiger charge is -2.37. The standard InChI is InChI=1S/C15H27N3/c1-15(2,3)12-4-6-13(7-5-12)17-9-8-14-10-16-11-18-14/h10-13,17H,4-9H2,1-3H3,(H,16,18). The largest absolute Gasteiger partial charge is 0.348 e. The molecule has 0 atom stereocenters. The van der Waals surface area contributed by atoms with E-state index in [1.807, 2.05) is 6.20 Å². The second-order valence-corrected chi connectivity index (χ2v) is 6.70. The predicted octanol–water partition coefficient (Wildman–Crippen LogP) is 3.15. The first-order valence-electron chi connectivity index (χ1n) is 7.26. The number of rotatable bonds is 4. The normalized spacial score (nSPS) is 25.3. The molecule has 1 aromatic heterocycles. The number of nitrogens with one attached hydrogen (secondary N) is 2. The summed E-state index contributed by atoms with van der Waals surface area (Å²) in [5, 5.41) is 3.68. The molecule has 3 heteroatoms. The first-order valence-corrected chi connectivity index (χ1v) is 7.26. The third-order valence-corrected chi connectivity index (χ3v) is 4.33. The van der Waals surface area contributed by atoms with Crippen LogP contribution < -0.4 is 5.32 Å². The van der Waals surface area contributed by atoms with Gasteiger partial charge in [0.2, 0.25) is 0 Å². The zero-order valence-corrected chi connectivity index (χ0v) is 12.0. The number of aromatic nitrogens is 2. The van der Waals surface area contributed by atoms with E-state index in [0.29, 0.717) is 5.41 Å². The van der Waals surface area contributed by atoms with Crippen molar-refractivity contribution >= 4 is 0 Å². The van der Waals surface area contributed by atoms with Gasteiger partial charge in [-0.25, -0.2) is 4.98 Å². The Kier molecular flexibility index (Phi) is 4.44. The molecule has 1 aliphatic rings. The SMILES string of the molecule is CC(C)(C)C1CCC(NCCc2cnc[nH]2)CC1. The molecule has 0 saturated heterocycles. The van der Waals surface area contributed by atoms with Gasteiger partial charge in [0.15, 0.2) is 0 Å². The highest BCUT2D eigenvalue weighted by molar-refractivity contribution is 4.95. The molecule has 0 unspecified atom stereocenters. The van der Waals surface area contributed by atoms with E-state index in [9.17, 15) is 0 Å². The van der Waals surface area contributed by atoms with E-state index >= 15 is 0 Å². The van der Waals surface area contributed by atoms with Gasteiger partial charge < -0.3 is 10.3 Å². The molecule has 0 amide bonds. The van der Waals surface area contributed by atoms with Gasteiger partial charge in [0.25, 0.3) is 0 Å². The fourth-order valence-corrected chi connectivity index (χ4v) is 3.00. The zero-order valence-electron chi connectivity index (χ0n) is 12.0. The third-order valence-electron chi connectivity index (χ3n) is 4.33. The van der Waals surface area contributed by atoms with Crippen molar-refractivity contribution in [3.8, 4) is 0 Å². The zero-order chi connectivity index (χ0) is 13.0. The van der Waals surface area contributed by atoms with Gasteiger partial charge in [-0.1, -0.05) is 20.8 Å². The molecule has 102 valence electrons. The molecule has 0 aliphatic heterocycles. The molecular weight excluding hydrogens is 222 g/mol. The maximum atomic E-state index is 4.04. The Morgan fingerprint density at radius 3 is 2.56 bits per heavy atom. The number of aromatic amines is 1. The molecule has 0 bridgehead atoms. The lowest BCUT2D eigenvalue weighted by molar-refractivity contribution is 0.160. The van der Waals surface area contributed by atoms with Gasteiger partial charge in [-0.3, -0.25) is 0 Å². The van der Waals surface area contributed by atoms with Crippen LogP contribution in [0.1, 0.15) is 52.1 Å². The maximum Gasteiger partial charge on any atom is 0.0921 e. The van der Waals surface area contributed by atoms with Crippen LogP contribution in [0.4, 0.5) is 0 Å². The number of H-pyrrole nitrogens is 1. The average Bonchev–Trinajstić information content (AvgIpc) is 2.82. The van der Waals surface area contributed by atoms with Crippen LogP contribution in [0.25, 0.3) is 0 Å². The van der Waals surface area contributed by atoms with Crippen LogP contribution in [-0.4, -0.2) is 22.6 Å². The topological polar surface area (TPSA) is 40.7 Å². The van der Waals surface area contributed by atoms with E-state index < -0.39 is 0 Å². The quantitative estimate of drug-likeness (QED) is 0.860. The van der Waals surface area contributed by atoms with Gasteiger partial charge in [0, 0.05) is 30.9 Å². The summed E-state index contributed by atoms with van der Waals surface area (Å²) in [4.78, 5) is 7.19. The van der Waals surface area contributed by atoms with Crippen LogP contribution in [0.15, 0.2) is 12.5 Å². The molecule has 1 aliphatic carbocycles. The molecule has 18 heavy (non-hydrogen) atoms. The van der Waals surface area contributed by atoms with Gasteiger partial charge in [-0.2, -0.15) is 0 Å². The summed E-state index contributed by atoms with van der Waals surface area (Å²) >= 11 is 0. The first kappa shape index (κ1) is 13.6. The van der Waals surface area contributed by atoms with Crippen LogP contribution in [0, 0.1) is 11.3 Å². The monoisotopic (exact) mass is 249 g/mol. The van der Waals surface area contributed by atoms with Crippen molar-refractivity contribution in [2.45, 2.75) is 58.9 Å². The highest BCUT2D eigenvalue weighted by Gasteiger charge is 2.29. The van der Waals surface area contributed by atoms with Crippen molar-refractivity contribution in [3.63, 3.8) is 0 Å². The van der Waals surface area contributed by atoms with E-state index in [0.717, 1.165) is 24.9 Å². The first-order chi connectivity index (χ1) is 8.55. The van der Waals surface area contributed by atoms with Gasteiger partial charge in [0.05, 0.1) is 6.33 Å². The van der Waals surface area contributed by atoms with Crippen molar-refractivity contribution in [2.75, 3.05) is 6.54 Å². The summed E-state index contributed by atoms with van der Waals surface area (Å²) in [5.41, 5.74) is 1.71. The van der Waals surface area contributed by atoms with Gasteiger partial charge in [-0.15, -0.1) is 0 Å². The Hall–Kier alpha value is -0.830. The highest BCUT2D eigenvalue weighted by atomic mass is 14.9. The van der Waals surface area contributed by atoms with E-state index in [1.165, 1.54) is 31.4 Å². The molecule has 1 heterocycles. The van der Waals surface area contributed by atoms with Crippen molar-refractivity contribution in [2.24, 2.45) is 11.3 Å². The fourth-order valence-electron chi connectivity index (χ4n) is 3.00. The highest BCUT2D eigenvalue weighted by Crippen LogP contribution is 2.37. The second-order valence-electron chi connectivity index (χ2n) is 6.70. The molecule has 0 aromatic carbocycles. The molecule has 2 N–H and O–H groups in total. The van der Waals surface area contributed by atoms with Crippen molar-refractivity contribution in [1.82, 2.24) is 15.3 Å². The molecule has 1 aromatic rings. The molecule has 1 fully saturated rings. The van der Waals surface area contributed by atoms with Gasteiger partial charge >= 0.3 is 0 Å². The van der Waals surface area contributed by atoms with Crippen LogP contribution >= 0.6 is 0 Å². The van der Waals surface area contributed by atoms with Crippen molar-refractivity contribution in [3.05, 3.63) is 18.2 Å². The Morgan fingerprint density at radius 2 is 2.00 bits per heavy atom. The number of nitrogens with zero attached hydrogens (tertiary/aromatic N) is 1. The lowest BCUT2D eigenvalue weighted by atomic mass is 9.71. The summed E-state index contributed by atoms with van der Waals surface area (Å²) in [7, 11) is 0. The Morgan fingerprint density at radius 1 is 1.28 bits per heavy atom. The van der Waals surface area contributed by atoms with Gasteiger partial charge in [0.1, 0.15) is 0 Å².